The summed E-state index contributed by atoms with van der Waals surface area (Å²) in [5.41, 5.74) is -0.608. The fourth-order valence-corrected chi connectivity index (χ4v) is 1.42. The van der Waals surface area contributed by atoms with Crippen LogP contribution in [-0.4, -0.2) is 36.9 Å². The van der Waals surface area contributed by atoms with Gasteiger partial charge in [0.1, 0.15) is 0 Å². The zero-order chi connectivity index (χ0) is 17.5. The standard InChI is InChI=1S/C13H14N2O4/c1-14(2)10-5-3-9(4-6-10)13(18)19-15-11(16)7-8-12(15)17/h3-6H,7-8H2,1-2H3/i3D,4D,5D,6D. The summed E-state index contributed by atoms with van der Waals surface area (Å²) in [6, 6.07) is -2.03. The maximum Gasteiger partial charge on any atom is 0.363 e. The molecule has 1 heterocycles. The molecule has 0 atom stereocenters. The van der Waals surface area contributed by atoms with Crippen LogP contribution in [0.5, 0.6) is 0 Å². The highest BCUT2D eigenvalue weighted by atomic mass is 16.7. The highest BCUT2D eigenvalue weighted by Crippen LogP contribution is 2.16. The van der Waals surface area contributed by atoms with E-state index in [9.17, 15) is 14.4 Å². The molecule has 100 valence electrons. The Morgan fingerprint density at radius 2 is 1.74 bits per heavy atom. The summed E-state index contributed by atoms with van der Waals surface area (Å²) in [5, 5.41) is 0.300. The number of imide groups is 1. The van der Waals surface area contributed by atoms with E-state index in [1.54, 1.807) is 14.1 Å². The van der Waals surface area contributed by atoms with E-state index in [2.05, 4.69) is 4.84 Å². The lowest BCUT2D eigenvalue weighted by atomic mass is 10.2. The SMILES string of the molecule is [2H]c1c([2H])c(N(C)C)c([2H])c([2H])c1C(=O)ON1C(=O)CCC1=O. The van der Waals surface area contributed by atoms with Gasteiger partial charge in [0.05, 0.1) is 11.0 Å². The van der Waals surface area contributed by atoms with Crippen molar-refractivity contribution in [2.24, 2.45) is 0 Å². The van der Waals surface area contributed by atoms with E-state index >= 15 is 0 Å². The topological polar surface area (TPSA) is 66.9 Å². The lowest BCUT2D eigenvalue weighted by molar-refractivity contribution is -0.172. The zero-order valence-electron chi connectivity index (χ0n) is 14.4. The molecule has 0 aromatic heterocycles. The summed E-state index contributed by atoms with van der Waals surface area (Å²) in [6.07, 6.45) is -0.166. The first-order chi connectivity index (χ1) is 10.7. The molecular formula is C13H14N2O4. The molecule has 1 aromatic carbocycles. The molecule has 0 N–H and O–H groups in total. The first-order valence-corrected chi connectivity index (χ1v) is 5.52. The lowest BCUT2D eigenvalue weighted by Gasteiger charge is -2.14. The molecule has 0 aliphatic carbocycles. The van der Waals surface area contributed by atoms with Crippen molar-refractivity contribution in [2.75, 3.05) is 19.0 Å². The minimum Gasteiger partial charge on any atom is -0.378 e. The van der Waals surface area contributed by atoms with Crippen LogP contribution in [0.15, 0.2) is 24.2 Å². The van der Waals surface area contributed by atoms with E-state index in [1.807, 2.05) is 0 Å². The maximum atomic E-state index is 12.1. The molecule has 2 rings (SSSR count). The molecule has 0 saturated carbocycles. The monoisotopic (exact) mass is 266 g/mol. The molecule has 2 amide bonds. The molecule has 19 heavy (non-hydrogen) atoms. The van der Waals surface area contributed by atoms with Crippen molar-refractivity contribution in [3.05, 3.63) is 29.7 Å². The number of amides is 2. The molecule has 0 radical (unpaired) electrons. The van der Waals surface area contributed by atoms with E-state index in [0.717, 1.165) is 0 Å². The van der Waals surface area contributed by atoms with Crippen molar-refractivity contribution >= 4 is 23.5 Å². The molecule has 1 aromatic rings. The molecule has 6 heteroatoms. The maximum absolute atomic E-state index is 12.1. The third-order valence-electron chi connectivity index (χ3n) is 2.44. The van der Waals surface area contributed by atoms with Gasteiger partial charge in [-0.25, -0.2) is 4.79 Å². The van der Waals surface area contributed by atoms with Crippen molar-refractivity contribution in [1.82, 2.24) is 5.06 Å². The fraction of sp³-hybridized carbons (Fsp3) is 0.308. The second-order valence-electron chi connectivity index (χ2n) is 4.08. The van der Waals surface area contributed by atoms with Crippen molar-refractivity contribution in [2.45, 2.75) is 12.8 Å². The summed E-state index contributed by atoms with van der Waals surface area (Å²) in [6.45, 7) is 0. The Bertz CT molecular complexity index is 675. The predicted molar refractivity (Wildman–Crippen MR) is 67.3 cm³/mol. The van der Waals surface area contributed by atoms with Gasteiger partial charge in [-0.1, -0.05) is 0 Å². The summed E-state index contributed by atoms with van der Waals surface area (Å²) in [4.78, 5) is 41.1. The van der Waals surface area contributed by atoms with Crippen LogP contribution in [0.3, 0.4) is 0 Å². The van der Waals surface area contributed by atoms with Crippen LogP contribution in [0.1, 0.15) is 28.7 Å². The zero-order valence-corrected chi connectivity index (χ0v) is 10.4. The van der Waals surface area contributed by atoms with Gasteiger partial charge in [0.25, 0.3) is 11.8 Å². The number of carbonyl (C=O) groups is 3. The number of nitrogens with zero attached hydrogens (tertiary/aromatic N) is 2. The largest absolute Gasteiger partial charge is 0.378 e. The first-order valence-electron chi connectivity index (χ1n) is 7.52. The molecule has 1 fully saturated rings. The number of carbonyl (C=O) groups excluding carboxylic acids is 3. The molecule has 1 aliphatic heterocycles. The Hall–Kier alpha value is -2.37. The second-order valence-corrected chi connectivity index (χ2v) is 4.08. The van der Waals surface area contributed by atoms with Crippen molar-refractivity contribution in [3.63, 3.8) is 0 Å². The number of hydrogen-bond acceptors (Lipinski definition) is 5. The fourth-order valence-electron chi connectivity index (χ4n) is 1.42. The van der Waals surface area contributed by atoms with Crippen molar-refractivity contribution in [3.8, 4) is 0 Å². The van der Waals surface area contributed by atoms with Crippen LogP contribution in [0.2, 0.25) is 0 Å². The predicted octanol–water partition coefficient (Wildman–Crippen LogP) is 0.973. The van der Waals surface area contributed by atoms with Crippen LogP contribution >= 0.6 is 0 Å². The Labute approximate surface area is 116 Å². The van der Waals surface area contributed by atoms with Crippen molar-refractivity contribution in [1.29, 1.82) is 0 Å². The van der Waals surface area contributed by atoms with Gasteiger partial charge < -0.3 is 9.74 Å². The summed E-state index contributed by atoms with van der Waals surface area (Å²) in [7, 11) is 3.09. The van der Waals surface area contributed by atoms with Crippen LogP contribution < -0.4 is 4.90 Å². The van der Waals surface area contributed by atoms with E-state index in [-0.39, 0.29) is 18.5 Å². The smallest absolute Gasteiger partial charge is 0.363 e. The molecule has 0 unspecified atom stereocenters. The number of rotatable bonds is 3. The highest BCUT2D eigenvalue weighted by Gasteiger charge is 2.33. The average Bonchev–Trinajstić information content (AvgIpc) is 2.77. The molecule has 0 spiro atoms. The first kappa shape index (κ1) is 8.68. The summed E-state index contributed by atoms with van der Waals surface area (Å²) in [5.74, 6) is -2.66. The van der Waals surface area contributed by atoms with Crippen LogP contribution in [0, 0.1) is 0 Å². The second kappa shape index (κ2) is 5.09. The minimum absolute atomic E-state index is 0.0184. The van der Waals surface area contributed by atoms with Crippen molar-refractivity contribution < 1.29 is 24.7 Å². The molecule has 0 bridgehead atoms. The molecule has 1 aliphatic rings. The van der Waals surface area contributed by atoms with E-state index < -0.39 is 47.5 Å². The number of hydrogen-bond donors (Lipinski definition) is 0. The Morgan fingerprint density at radius 1 is 1.21 bits per heavy atom. The van der Waals surface area contributed by atoms with Gasteiger partial charge >= 0.3 is 5.97 Å². The van der Waals surface area contributed by atoms with Gasteiger partial charge in [0.15, 0.2) is 0 Å². The third-order valence-corrected chi connectivity index (χ3v) is 2.44. The average molecular weight is 266 g/mol. The molecule has 1 saturated heterocycles. The van der Waals surface area contributed by atoms with Gasteiger partial charge in [-0.15, -0.1) is 5.06 Å². The summed E-state index contributed by atoms with van der Waals surface area (Å²) < 4.78 is 31.5. The molecular weight excluding hydrogens is 248 g/mol. The number of anilines is 1. The lowest BCUT2D eigenvalue weighted by Crippen LogP contribution is -2.32. The number of benzene rings is 1. The Morgan fingerprint density at radius 3 is 2.21 bits per heavy atom. The van der Waals surface area contributed by atoms with E-state index in [1.165, 1.54) is 4.90 Å². The molecule has 6 nitrogen and oxygen atoms in total. The van der Waals surface area contributed by atoms with Crippen LogP contribution in [0.25, 0.3) is 0 Å². The Balaban J connectivity index is 2.46. The van der Waals surface area contributed by atoms with Gasteiger partial charge in [-0.3, -0.25) is 9.59 Å². The normalized spacial score (nSPS) is 17.7. The van der Waals surface area contributed by atoms with Crippen LogP contribution in [0.4, 0.5) is 5.69 Å². The third kappa shape index (κ3) is 2.73. The van der Waals surface area contributed by atoms with Crippen LogP contribution in [-0.2, 0) is 14.4 Å². The van der Waals surface area contributed by atoms with E-state index in [4.69, 9.17) is 5.48 Å². The van der Waals surface area contributed by atoms with Gasteiger partial charge in [-0.2, -0.15) is 0 Å². The van der Waals surface area contributed by atoms with E-state index in [0.29, 0.717) is 5.06 Å². The summed E-state index contributed by atoms with van der Waals surface area (Å²) >= 11 is 0. The highest BCUT2D eigenvalue weighted by molar-refractivity contribution is 6.02. The van der Waals surface area contributed by atoms with Gasteiger partial charge in [0.2, 0.25) is 0 Å². The quantitative estimate of drug-likeness (QED) is 0.763. The van der Waals surface area contributed by atoms with Gasteiger partial charge in [-0.05, 0) is 24.2 Å². The number of hydroxylamine groups is 2. The Kier molecular flexibility index (Phi) is 2.33. The minimum atomic E-state index is -1.28. The van der Waals surface area contributed by atoms with Gasteiger partial charge in [0, 0.05) is 32.6 Å².